The monoisotopic (exact) mass is 631 g/mol. The fourth-order valence-electron chi connectivity index (χ4n) is 5.14. The van der Waals surface area contributed by atoms with E-state index in [2.05, 4.69) is 25.5 Å². The third-order valence-electron chi connectivity index (χ3n) is 7.26. The van der Waals surface area contributed by atoms with E-state index in [1.807, 2.05) is 6.92 Å². The highest BCUT2D eigenvalue weighted by Gasteiger charge is 2.44. The maximum atomic E-state index is 13.2. The van der Waals surface area contributed by atoms with Gasteiger partial charge in [0, 0.05) is 18.2 Å². The minimum absolute atomic E-state index is 0.00760. The minimum Gasteiger partial charge on any atom is -0.490 e. The SMILES string of the molecule is CCn1c(-c2nonc2N)nc2c(-c3cccc(N(OC(=O)C(F)(F)F)C(=O)NC4CCCCC4)c3)ncc(OCCCN)c21. The molecule has 1 aliphatic carbocycles. The van der Waals surface area contributed by atoms with Crippen molar-refractivity contribution in [2.75, 3.05) is 23.9 Å². The van der Waals surface area contributed by atoms with Crippen molar-refractivity contribution in [3.05, 3.63) is 30.5 Å². The van der Waals surface area contributed by atoms with Gasteiger partial charge in [-0.15, -0.1) is 5.06 Å². The first kappa shape index (κ1) is 31.5. The molecule has 0 atom stereocenters. The number of carbonyl (C=O) groups is 2. The van der Waals surface area contributed by atoms with Gasteiger partial charge in [-0.25, -0.2) is 24.2 Å². The molecule has 0 bridgehead atoms. The number of ether oxygens (including phenoxy) is 1. The summed E-state index contributed by atoms with van der Waals surface area (Å²) in [6.45, 7) is 2.98. The van der Waals surface area contributed by atoms with Gasteiger partial charge in [0.05, 0.1) is 24.2 Å². The number of alkyl halides is 3. The van der Waals surface area contributed by atoms with Gasteiger partial charge in [-0.2, -0.15) is 13.2 Å². The van der Waals surface area contributed by atoms with Crippen molar-refractivity contribution in [1.29, 1.82) is 0 Å². The largest absolute Gasteiger partial charge is 0.493 e. The van der Waals surface area contributed by atoms with Crippen LogP contribution in [0, 0.1) is 0 Å². The van der Waals surface area contributed by atoms with Gasteiger partial charge in [-0.3, -0.25) is 0 Å². The lowest BCUT2D eigenvalue weighted by Crippen LogP contribution is -2.48. The van der Waals surface area contributed by atoms with Crippen molar-refractivity contribution < 1.29 is 37.0 Å². The topological polar surface area (TPSA) is 190 Å². The molecule has 0 radical (unpaired) electrons. The van der Waals surface area contributed by atoms with Crippen LogP contribution >= 0.6 is 0 Å². The number of nitrogens with one attached hydrogen (secondary N) is 1. The number of carbonyl (C=O) groups excluding carboxylic acids is 2. The number of amides is 2. The van der Waals surface area contributed by atoms with E-state index >= 15 is 0 Å². The van der Waals surface area contributed by atoms with Crippen LogP contribution in [-0.2, 0) is 16.2 Å². The Bertz CT molecular complexity index is 1670. The summed E-state index contributed by atoms with van der Waals surface area (Å²) in [5.74, 6) is -1.83. The normalized spacial score (nSPS) is 14.0. The number of imidazole rings is 1. The Morgan fingerprint density at radius 2 is 1.96 bits per heavy atom. The molecule has 1 aliphatic rings. The van der Waals surface area contributed by atoms with E-state index in [4.69, 9.17) is 25.8 Å². The summed E-state index contributed by atoms with van der Waals surface area (Å²) in [6.07, 6.45) is 0.751. The number of hydrogen-bond donors (Lipinski definition) is 3. The zero-order valence-corrected chi connectivity index (χ0v) is 24.3. The summed E-state index contributed by atoms with van der Waals surface area (Å²) in [6, 6.07) is 4.54. The van der Waals surface area contributed by atoms with Crippen molar-refractivity contribution in [2.45, 2.75) is 64.2 Å². The summed E-state index contributed by atoms with van der Waals surface area (Å²) in [5, 5.41) is 10.5. The highest BCUT2D eigenvalue weighted by molar-refractivity contribution is 5.98. The highest BCUT2D eigenvalue weighted by Crippen LogP contribution is 2.37. The number of hydrogen-bond acceptors (Lipinski definition) is 11. The number of halogens is 3. The molecule has 5 rings (SSSR count). The predicted octanol–water partition coefficient (Wildman–Crippen LogP) is 4.35. The van der Waals surface area contributed by atoms with Crippen LogP contribution in [0.15, 0.2) is 35.1 Å². The Kier molecular flexibility index (Phi) is 9.36. The smallest absolute Gasteiger partial charge is 0.490 e. The van der Waals surface area contributed by atoms with Crippen molar-refractivity contribution in [3.63, 3.8) is 0 Å². The first-order valence-corrected chi connectivity index (χ1v) is 14.4. The number of nitrogens with zero attached hydrogens (tertiary/aromatic N) is 6. The van der Waals surface area contributed by atoms with E-state index in [1.54, 1.807) is 10.6 Å². The fraction of sp³-hybridized carbons (Fsp3) is 0.429. The number of rotatable bonds is 9. The molecule has 0 saturated heterocycles. The van der Waals surface area contributed by atoms with Crippen LogP contribution in [0.25, 0.3) is 33.8 Å². The Morgan fingerprint density at radius 1 is 1.18 bits per heavy atom. The van der Waals surface area contributed by atoms with Gasteiger partial charge >= 0.3 is 18.2 Å². The zero-order valence-electron chi connectivity index (χ0n) is 24.3. The first-order valence-electron chi connectivity index (χ1n) is 14.4. The summed E-state index contributed by atoms with van der Waals surface area (Å²) >= 11 is 0. The molecular weight excluding hydrogens is 599 g/mol. The van der Waals surface area contributed by atoms with E-state index in [0.717, 1.165) is 19.3 Å². The van der Waals surface area contributed by atoms with E-state index in [-0.39, 0.29) is 28.9 Å². The average Bonchev–Trinajstić information content (AvgIpc) is 3.63. The average molecular weight is 632 g/mol. The Labute approximate surface area is 254 Å². The third-order valence-corrected chi connectivity index (χ3v) is 7.26. The molecule has 14 nitrogen and oxygen atoms in total. The number of aryl methyl sites for hydroxylation is 1. The maximum Gasteiger partial charge on any atom is 0.493 e. The summed E-state index contributed by atoms with van der Waals surface area (Å²) in [5.41, 5.74) is 13.2. The maximum absolute atomic E-state index is 13.2. The summed E-state index contributed by atoms with van der Waals surface area (Å²) in [7, 11) is 0. The molecule has 1 fully saturated rings. The minimum atomic E-state index is -5.34. The molecule has 3 heterocycles. The van der Waals surface area contributed by atoms with Gasteiger partial charge in [0.15, 0.2) is 23.1 Å². The summed E-state index contributed by atoms with van der Waals surface area (Å²) < 4.78 is 52.3. The van der Waals surface area contributed by atoms with E-state index in [9.17, 15) is 22.8 Å². The van der Waals surface area contributed by atoms with Gasteiger partial charge in [0.25, 0.3) is 0 Å². The lowest BCUT2D eigenvalue weighted by atomic mass is 9.96. The second-order valence-electron chi connectivity index (χ2n) is 10.3. The molecule has 0 unspecified atom stereocenters. The lowest BCUT2D eigenvalue weighted by Gasteiger charge is -2.27. The third kappa shape index (κ3) is 6.77. The molecule has 0 spiro atoms. The molecule has 4 aromatic rings. The number of anilines is 2. The lowest BCUT2D eigenvalue weighted by molar-refractivity contribution is -0.199. The van der Waals surface area contributed by atoms with Gasteiger partial charge in [0.1, 0.15) is 11.0 Å². The van der Waals surface area contributed by atoms with Crippen molar-refractivity contribution in [1.82, 2.24) is 30.2 Å². The molecule has 3 aromatic heterocycles. The van der Waals surface area contributed by atoms with Crippen LogP contribution in [-0.4, -0.2) is 62.2 Å². The predicted molar refractivity (Wildman–Crippen MR) is 156 cm³/mol. The Morgan fingerprint density at radius 3 is 2.62 bits per heavy atom. The number of benzene rings is 1. The van der Waals surface area contributed by atoms with Gasteiger partial charge in [-0.05, 0) is 55.2 Å². The molecule has 2 amide bonds. The van der Waals surface area contributed by atoms with Gasteiger partial charge < -0.3 is 30.9 Å². The number of pyridine rings is 1. The van der Waals surface area contributed by atoms with Crippen molar-refractivity contribution in [3.8, 4) is 28.5 Å². The molecule has 1 aromatic carbocycles. The standard InChI is InChI=1S/C28H32F3N9O5/c1-2-39-23-19(43-13-7-12-32)15-34-20(21(23)36-25(39)22-24(33)38-45-37-22)16-8-6-11-18(14-16)40(44-26(41)28(29,30)31)27(42)35-17-9-4-3-5-10-17/h6,8,11,14-15,17H,2-5,7,9-10,12-13,32H2,1H3,(H2,33,38)(H,35,42). The van der Waals surface area contributed by atoms with Gasteiger partial charge in [0.2, 0.25) is 0 Å². The molecule has 1 saturated carbocycles. The number of fused-ring (bicyclic) bond motifs is 1. The molecule has 17 heteroatoms. The number of nitrogens with two attached hydrogens (primary N) is 2. The van der Waals surface area contributed by atoms with Crippen molar-refractivity contribution in [2.24, 2.45) is 5.73 Å². The quantitative estimate of drug-likeness (QED) is 0.176. The molecule has 240 valence electrons. The fourth-order valence-corrected chi connectivity index (χ4v) is 5.14. The van der Waals surface area contributed by atoms with Crippen LogP contribution in [0.5, 0.6) is 5.75 Å². The zero-order chi connectivity index (χ0) is 32.1. The van der Waals surface area contributed by atoms with Crippen LogP contribution in [0.2, 0.25) is 0 Å². The number of nitrogen functional groups attached to an aromatic ring is 1. The second-order valence-corrected chi connectivity index (χ2v) is 10.3. The molecular formula is C28H32F3N9O5. The molecule has 45 heavy (non-hydrogen) atoms. The van der Waals surface area contributed by atoms with Crippen LogP contribution in [0.1, 0.15) is 45.4 Å². The molecule has 0 aliphatic heterocycles. The number of urea groups is 1. The Hall–Kier alpha value is -4.93. The van der Waals surface area contributed by atoms with Crippen LogP contribution in [0.4, 0.5) is 29.5 Å². The van der Waals surface area contributed by atoms with E-state index < -0.39 is 18.2 Å². The summed E-state index contributed by atoms with van der Waals surface area (Å²) in [4.78, 5) is 39.0. The highest BCUT2D eigenvalue weighted by atomic mass is 19.4. The van der Waals surface area contributed by atoms with Crippen molar-refractivity contribution >= 4 is 34.5 Å². The van der Waals surface area contributed by atoms with Gasteiger partial charge in [-0.1, -0.05) is 31.4 Å². The second kappa shape index (κ2) is 13.4. The molecule has 5 N–H and O–H groups in total. The first-order chi connectivity index (χ1) is 21.6. The number of hydroxylamine groups is 1. The Balaban J connectivity index is 1.60. The van der Waals surface area contributed by atoms with Crippen LogP contribution < -0.4 is 26.6 Å². The number of aromatic nitrogens is 5. The van der Waals surface area contributed by atoms with Crippen LogP contribution in [0.3, 0.4) is 0 Å². The van der Waals surface area contributed by atoms with E-state index in [0.29, 0.717) is 72.2 Å². The van der Waals surface area contributed by atoms with E-state index in [1.165, 1.54) is 24.4 Å².